The van der Waals surface area contributed by atoms with Crippen molar-refractivity contribution in [1.29, 1.82) is 0 Å². The smallest absolute Gasteiger partial charge is 0.294 e. The number of amides is 1. The summed E-state index contributed by atoms with van der Waals surface area (Å²) in [4.78, 5) is 28.5. The van der Waals surface area contributed by atoms with Crippen molar-refractivity contribution >= 4 is 23.3 Å². The summed E-state index contributed by atoms with van der Waals surface area (Å²) in [5.41, 5.74) is -0.360. The van der Waals surface area contributed by atoms with Gasteiger partial charge in [0.2, 0.25) is 5.78 Å². The molecule has 3 aliphatic carbocycles. The summed E-state index contributed by atoms with van der Waals surface area (Å²) >= 11 is 5.61. The Hall–Kier alpha value is -2.48. The fourth-order valence-corrected chi connectivity index (χ4v) is 4.41. The lowest BCUT2D eigenvalue weighted by Crippen LogP contribution is -2.75. The molecule has 0 spiro atoms. The van der Waals surface area contributed by atoms with E-state index in [-0.39, 0.29) is 45.9 Å². The third-order valence-electron chi connectivity index (χ3n) is 5.36. The van der Waals surface area contributed by atoms with E-state index in [1.807, 2.05) is 6.92 Å². The average Bonchev–Trinajstić information content (AvgIpc) is 3.09. The van der Waals surface area contributed by atoms with Gasteiger partial charge in [0.25, 0.3) is 11.8 Å². The van der Waals surface area contributed by atoms with Crippen LogP contribution in [0.5, 0.6) is 5.75 Å². The molecule has 0 atom stereocenters. The van der Waals surface area contributed by atoms with Gasteiger partial charge in [0.05, 0.1) is 5.02 Å². The zero-order chi connectivity index (χ0) is 19.9. The number of nitrogens with zero attached hydrogens (tertiary/aromatic N) is 2. The summed E-state index contributed by atoms with van der Waals surface area (Å²) in [6.45, 7) is 1.68. The Kier molecular flexibility index (Phi) is 4.61. The molecule has 28 heavy (non-hydrogen) atoms. The summed E-state index contributed by atoms with van der Waals surface area (Å²) in [5, 5.41) is 6.70. The molecule has 0 saturated heterocycles. The first kappa shape index (κ1) is 18.9. The van der Waals surface area contributed by atoms with E-state index in [4.69, 9.17) is 20.9 Å². The molecule has 3 saturated carbocycles. The maximum atomic E-state index is 13.4. The molecule has 1 heterocycles. The van der Waals surface area contributed by atoms with E-state index in [9.17, 15) is 14.0 Å². The number of ether oxygens (including phenoxy) is 1. The molecule has 5 rings (SSSR count). The fraction of sp³-hybridized carbons (Fsp3) is 0.474. The van der Waals surface area contributed by atoms with Crippen LogP contribution in [0.4, 0.5) is 4.39 Å². The minimum absolute atomic E-state index is 0.00281. The molecule has 7 nitrogen and oxygen atoms in total. The standard InChI is InChI=1S/C19H19ClFN3O4/c1-2-15-22-17(28-24-15)14(25)6-18-8-19(9-18,10-18)23-16(26)7-27-11-3-4-12(20)13(21)5-11/h3-5H,2,6-10H2,1H3,(H,23,26). The van der Waals surface area contributed by atoms with E-state index in [0.717, 1.165) is 25.3 Å². The molecule has 0 unspecified atom stereocenters. The van der Waals surface area contributed by atoms with Crippen LogP contribution in [-0.4, -0.2) is 34.0 Å². The lowest BCUT2D eigenvalue weighted by Gasteiger charge is -2.70. The molecule has 148 valence electrons. The number of hydrogen-bond acceptors (Lipinski definition) is 6. The Balaban J connectivity index is 1.23. The molecule has 9 heteroatoms. The Morgan fingerprint density at radius 2 is 2.11 bits per heavy atom. The highest BCUT2D eigenvalue weighted by atomic mass is 35.5. The van der Waals surface area contributed by atoms with Crippen LogP contribution in [0.1, 0.15) is 49.1 Å². The zero-order valence-corrected chi connectivity index (χ0v) is 16.0. The maximum absolute atomic E-state index is 13.4. The van der Waals surface area contributed by atoms with Crippen molar-refractivity contribution in [3.8, 4) is 5.75 Å². The number of carbonyl (C=O) groups is 2. The van der Waals surface area contributed by atoms with Crippen LogP contribution in [0, 0.1) is 11.2 Å². The van der Waals surface area contributed by atoms with Crippen molar-refractivity contribution in [3.05, 3.63) is 40.8 Å². The molecule has 1 aromatic carbocycles. The second-order valence-electron chi connectivity index (χ2n) is 7.69. The van der Waals surface area contributed by atoms with E-state index >= 15 is 0 Å². The van der Waals surface area contributed by atoms with Crippen LogP contribution in [-0.2, 0) is 11.2 Å². The monoisotopic (exact) mass is 407 g/mol. The van der Waals surface area contributed by atoms with E-state index in [0.29, 0.717) is 18.7 Å². The fourth-order valence-electron chi connectivity index (χ4n) is 4.29. The van der Waals surface area contributed by atoms with Crippen molar-refractivity contribution < 1.29 is 23.2 Å². The van der Waals surface area contributed by atoms with E-state index in [1.165, 1.54) is 12.1 Å². The Morgan fingerprint density at radius 1 is 1.36 bits per heavy atom. The number of carbonyl (C=O) groups excluding carboxylic acids is 2. The van der Waals surface area contributed by atoms with Crippen molar-refractivity contribution in [3.63, 3.8) is 0 Å². The maximum Gasteiger partial charge on any atom is 0.294 e. The number of Topliss-reactive ketones (excluding diaryl/α,β-unsaturated/α-hetero) is 1. The topological polar surface area (TPSA) is 94.3 Å². The Morgan fingerprint density at radius 3 is 2.75 bits per heavy atom. The SMILES string of the molecule is CCc1noc(C(=O)CC23CC(NC(=O)COc4ccc(Cl)c(F)c4)(C2)C3)n1. The average molecular weight is 408 g/mol. The summed E-state index contributed by atoms with van der Waals surface area (Å²) in [6, 6.07) is 4.01. The van der Waals surface area contributed by atoms with Gasteiger partial charge in [-0.2, -0.15) is 4.98 Å². The number of halogens is 2. The molecule has 1 aromatic heterocycles. The Labute approximate surface area is 165 Å². The largest absolute Gasteiger partial charge is 0.484 e. The van der Waals surface area contributed by atoms with Gasteiger partial charge in [-0.15, -0.1) is 0 Å². The van der Waals surface area contributed by atoms with Crippen molar-refractivity contribution in [2.45, 2.75) is 44.6 Å². The molecule has 2 aromatic rings. The molecule has 1 amide bonds. The third-order valence-corrected chi connectivity index (χ3v) is 5.67. The van der Waals surface area contributed by atoms with Gasteiger partial charge in [0.15, 0.2) is 12.4 Å². The Bertz CT molecular complexity index is 925. The van der Waals surface area contributed by atoms with Gasteiger partial charge in [-0.1, -0.05) is 23.7 Å². The van der Waals surface area contributed by atoms with Gasteiger partial charge in [-0.25, -0.2) is 4.39 Å². The molecule has 0 radical (unpaired) electrons. The number of rotatable bonds is 8. The highest BCUT2D eigenvalue weighted by Gasteiger charge is 2.68. The molecular weight excluding hydrogens is 389 g/mol. The van der Waals surface area contributed by atoms with Gasteiger partial charge in [0.1, 0.15) is 11.6 Å². The molecule has 3 fully saturated rings. The lowest BCUT2D eigenvalue weighted by atomic mass is 9.38. The molecule has 2 bridgehead atoms. The van der Waals surface area contributed by atoms with Crippen LogP contribution in [0.15, 0.2) is 22.7 Å². The predicted molar refractivity (Wildman–Crippen MR) is 96.7 cm³/mol. The number of hydrogen-bond donors (Lipinski definition) is 1. The third kappa shape index (κ3) is 3.48. The second kappa shape index (κ2) is 6.84. The predicted octanol–water partition coefficient (Wildman–Crippen LogP) is 3.12. The number of ketones is 1. The van der Waals surface area contributed by atoms with Gasteiger partial charge in [-0.05, 0) is 36.8 Å². The summed E-state index contributed by atoms with van der Waals surface area (Å²) in [7, 11) is 0. The van der Waals surface area contributed by atoms with Gasteiger partial charge < -0.3 is 14.6 Å². The van der Waals surface area contributed by atoms with Crippen molar-refractivity contribution in [2.75, 3.05) is 6.61 Å². The van der Waals surface area contributed by atoms with E-state index in [2.05, 4.69) is 15.5 Å². The molecule has 3 aliphatic rings. The number of benzene rings is 1. The first-order chi connectivity index (χ1) is 13.3. The zero-order valence-electron chi connectivity index (χ0n) is 15.3. The van der Waals surface area contributed by atoms with Crippen LogP contribution in [0.2, 0.25) is 5.02 Å². The molecule has 0 aliphatic heterocycles. The molecular formula is C19H19ClFN3O4. The van der Waals surface area contributed by atoms with Gasteiger partial charge in [0, 0.05) is 24.4 Å². The summed E-state index contributed by atoms with van der Waals surface area (Å²) in [5.74, 6) is -0.214. The molecule has 1 N–H and O–H groups in total. The second-order valence-corrected chi connectivity index (χ2v) is 8.10. The highest BCUT2D eigenvalue weighted by Crippen LogP contribution is 2.69. The first-order valence-electron chi connectivity index (χ1n) is 9.07. The van der Waals surface area contributed by atoms with Crippen molar-refractivity contribution in [1.82, 2.24) is 15.5 Å². The number of aryl methyl sites for hydroxylation is 1. The van der Waals surface area contributed by atoms with Crippen LogP contribution in [0.25, 0.3) is 0 Å². The summed E-state index contributed by atoms with van der Waals surface area (Å²) < 4.78 is 23.7. The highest BCUT2D eigenvalue weighted by molar-refractivity contribution is 6.30. The normalized spacial score (nSPS) is 24.8. The minimum Gasteiger partial charge on any atom is -0.484 e. The first-order valence-corrected chi connectivity index (χ1v) is 9.45. The lowest BCUT2D eigenvalue weighted by molar-refractivity contribution is -0.164. The van der Waals surface area contributed by atoms with Crippen LogP contribution < -0.4 is 10.1 Å². The van der Waals surface area contributed by atoms with Crippen LogP contribution >= 0.6 is 11.6 Å². The minimum atomic E-state index is -0.599. The van der Waals surface area contributed by atoms with Gasteiger partial charge >= 0.3 is 0 Å². The van der Waals surface area contributed by atoms with E-state index in [1.54, 1.807) is 0 Å². The number of aromatic nitrogens is 2. The van der Waals surface area contributed by atoms with Gasteiger partial charge in [-0.3, -0.25) is 9.59 Å². The van der Waals surface area contributed by atoms with Crippen molar-refractivity contribution in [2.24, 2.45) is 5.41 Å². The number of nitrogens with one attached hydrogen (secondary N) is 1. The van der Waals surface area contributed by atoms with Crippen LogP contribution in [0.3, 0.4) is 0 Å². The summed E-state index contributed by atoms with van der Waals surface area (Å²) in [6.07, 6.45) is 3.17. The quantitative estimate of drug-likeness (QED) is 0.675. The van der Waals surface area contributed by atoms with E-state index < -0.39 is 5.82 Å².